The molecule has 0 saturated carbocycles. The van der Waals surface area contributed by atoms with E-state index in [-0.39, 0.29) is 11.5 Å². The lowest BCUT2D eigenvalue weighted by Gasteiger charge is -2.34. The summed E-state index contributed by atoms with van der Waals surface area (Å²) in [5, 5.41) is 14.6. The van der Waals surface area contributed by atoms with Gasteiger partial charge in [-0.15, -0.1) is 11.3 Å². The number of nitrogens with zero attached hydrogens (tertiary/aromatic N) is 3. The summed E-state index contributed by atoms with van der Waals surface area (Å²) in [5.74, 6) is -0.376. The molecule has 0 aliphatic carbocycles. The van der Waals surface area contributed by atoms with Crippen LogP contribution < -0.4 is 15.8 Å². The van der Waals surface area contributed by atoms with Crippen LogP contribution in [0.5, 0.6) is 0 Å². The average Bonchev–Trinajstić information content (AvgIpc) is 3.40. The highest BCUT2D eigenvalue weighted by atomic mass is 32.1. The molecule has 0 unspecified atom stereocenters. The predicted octanol–water partition coefficient (Wildman–Crippen LogP) is 4.62. The second-order valence-electron chi connectivity index (χ2n) is 10.0. The van der Waals surface area contributed by atoms with Gasteiger partial charge in [0.05, 0.1) is 0 Å². The summed E-state index contributed by atoms with van der Waals surface area (Å²) in [7, 11) is 3.79. The smallest absolute Gasteiger partial charge is 0.262 e. The van der Waals surface area contributed by atoms with Crippen LogP contribution in [0.4, 0.5) is 0 Å². The molecule has 39 heavy (non-hydrogen) atoms. The van der Waals surface area contributed by atoms with Gasteiger partial charge < -0.3 is 19.9 Å². The zero-order chi connectivity index (χ0) is 29.0. The van der Waals surface area contributed by atoms with Crippen molar-refractivity contribution < 1.29 is 9.53 Å². The molecule has 1 saturated heterocycles. The van der Waals surface area contributed by atoms with Crippen LogP contribution in [-0.4, -0.2) is 68.2 Å². The fourth-order valence-corrected chi connectivity index (χ4v) is 5.10. The standard InChI is InChI=1S/C30H38N4O2S.C2H6/c1-7-26(34-15-13-33(5)14-16-34)19-23-8-9-24(18-22(23)2)28-11-10-27(37-28)20-25(21-31)29(35)32-30(3,4)12-17-36-6;1-2/h7-11,18-20H,2,12-17H2,1,3-6H3,(H,32,35);1-2H3/b23-19-,25-20+,26-7+;. The van der Waals surface area contributed by atoms with Gasteiger partial charge in [-0.25, -0.2) is 0 Å². The Morgan fingerprint density at radius 1 is 1.21 bits per heavy atom. The van der Waals surface area contributed by atoms with Crippen LogP contribution in [0.2, 0.25) is 0 Å². The van der Waals surface area contributed by atoms with Gasteiger partial charge in [-0.05, 0) is 80.6 Å². The summed E-state index contributed by atoms with van der Waals surface area (Å²) in [5.41, 5.74) is 1.91. The van der Waals surface area contributed by atoms with Crippen LogP contribution in [-0.2, 0) is 9.53 Å². The van der Waals surface area contributed by atoms with E-state index in [1.807, 2.05) is 45.9 Å². The van der Waals surface area contributed by atoms with Crippen LogP contribution in [0, 0.1) is 11.3 Å². The number of methoxy groups -OCH3 is 1. The second-order valence-corrected chi connectivity index (χ2v) is 11.1. The van der Waals surface area contributed by atoms with Crippen LogP contribution >= 0.6 is 11.3 Å². The van der Waals surface area contributed by atoms with Crippen LogP contribution in [0.15, 0.2) is 47.7 Å². The molecule has 2 heterocycles. The van der Waals surface area contributed by atoms with Gasteiger partial charge in [-0.1, -0.05) is 38.6 Å². The molecule has 6 nitrogen and oxygen atoms in total. The predicted molar refractivity (Wildman–Crippen MR) is 165 cm³/mol. The van der Waals surface area contributed by atoms with Gasteiger partial charge in [0.2, 0.25) is 0 Å². The molecule has 0 spiro atoms. The highest BCUT2D eigenvalue weighted by Crippen LogP contribution is 2.28. The lowest BCUT2D eigenvalue weighted by atomic mass is 10.0. The van der Waals surface area contributed by atoms with Crippen molar-refractivity contribution >= 4 is 36.0 Å². The summed E-state index contributed by atoms with van der Waals surface area (Å²) < 4.78 is 5.12. The Bertz CT molecular complexity index is 1310. The van der Waals surface area contributed by atoms with E-state index in [1.165, 1.54) is 5.70 Å². The maximum absolute atomic E-state index is 12.7. The van der Waals surface area contributed by atoms with Crippen molar-refractivity contribution in [2.45, 2.75) is 46.6 Å². The molecule has 1 aromatic heterocycles. The molecule has 1 fully saturated rings. The molecule has 7 heteroatoms. The van der Waals surface area contributed by atoms with Crippen molar-refractivity contribution in [3.63, 3.8) is 0 Å². The lowest BCUT2D eigenvalue weighted by Crippen LogP contribution is -2.44. The Morgan fingerprint density at radius 2 is 1.90 bits per heavy atom. The number of amides is 1. The second kappa shape index (κ2) is 15.4. The molecule has 1 aliphatic rings. The summed E-state index contributed by atoms with van der Waals surface area (Å²) >= 11 is 1.55. The number of rotatable bonds is 9. The number of nitrogens with one attached hydrogen (secondary N) is 1. The monoisotopic (exact) mass is 548 g/mol. The molecule has 1 N–H and O–H groups in total. The highest BCUT2D eigenvalue weighted by Gasteiger charge is 2.22. The Balaban J connectivity index is 0.00000260. The number of nitriles is 1. The van der Waals surface area contributed by atoms with E-state index in [4.69, 9.17) is 4.74 Å². The highest BCUT2D eigenvalue weighted by molar-refractivity contribution is 7.16. The number of hydrogen-bond acceptors (Lipinski definition) is 6. The van der Waals surface area contributed by atoms with Crippen molar-refractivity contribution in [3.8, 4) is 16.5 Å². The molecular formula is C32H44N4O2S. The van der Waals surface area contributed by atoms with E-state index < -0.39 is 5.54 Å². The van der Waals surface area contributed by atoms with E-state index in [1.54, 1.807) is 24.5 Å². The fraction of sp³-hybridized carbons (Fsp3) is 0.438. The van der Waals surface area contributed by atoms with Gasteiger partial charge in [0, 0.05) is 60.9 Å². The molecular weight excluding hydrogens is 504 g/mol. The van der Waals surface area contributed by atoms with Gasteiger partial charge in [-0.2, -0.15) is 5.26 Å². The van der Waals surface area contributed by atoms with E-state index in [9.17, 15) is 10.1 Å². The molecule has 1 aromatic carbocycles. The van der Waals surface area contributed by atoms with Crippen molar-refractivity contribution in [1.29, 1.82) is 5.26 Å². The van der Waals surface area contributed by atoms with Crippen molar-refractivity contribution in [2.75, 3.05) is 46.9 Å². The molecule has 1 amide bonds. The zero-order valence-corrected chi connectivity index (χ0v) is 25.5. The number of hydrogen-bond donors (Lipinski definition) is 1. The maximum atomic E-state index is 12.7. The van der Waals surface area contributed by atoms with Gasteiger partial charge in [0.25, 0.3) is 5.91 Å². The average molecular weight is 549 g/mol. The molecule has 0 bridgehead atoms. The zero-order valence-electron chi connectivity index (χ0n) is 24.6. The first-order valence-corrected chi connectivity index (χ1v) is 14.4. The summed E-state index contributed by atoms with van der Waals surface area (Å²) in [6.45, 7) is 18.9. The number of benzene rings is 1. The molecule has 3 rings (SSSR count). The molecule has 210 valence electrons. The Kier molecular flexibility index (Phi) is 12.7. The van der Waals surface area contributed by atoms with E-state index in [2.05, 4.69) is 66.0 Å². The third-order valence-corrected chi connectivity index (χ3v) is 7.64. The summed E-state index contributed by atoms with van der Waals surface area (Å²) in [6, 6.07) is 12.3. The van der Waals surface area contributed by atoms with Gasteiger partial charge in [0.1, 0.15) is 11.6 Å². The first-order chi connectivity index (χ1) is 18.7. The van der Waals surface area contributed by atoms with Crippen LogP contribution in [0.25, 0.3) is 29.2 Å². The quantitative estimate of drug-likeness (QED) is 0.366. The number of carbonyl (C=O) groups is 1. The Labute approximate surface area is 238 Å². The van der Waals surface area contributed by atoms with Crippen molar-refractivity contribution in [1.82, 2.24) is 15.1 Å². The minimum Gasteiger partial charge on any atom is -0.385 e. The molecule has 0 radical (unpaired) electrons. The third kappa shape index (κ3) is 9.50. The molecule has 2 aromatic rings. The third-order valence-electron chi connectivity index (χ3n) is 6.56. The Morgan fingerprint density at radius 3 is 2.49 bits per heavy atom. The summed E-state index contributed by atoms with van der Waals surface area (Å²) in [6.07, 6.45) is 6.69. The molecule has 0 atom stereocenters. The van der Waals surface area contributed by atoms with E-state index >= 15 is 0 Å². The maximum Gasteiger partial charge on any atom is 0.262 e. The van der Waals surface area contributed by atoms with Crippen LogP contribution in [0.3, 0.4) is 0 Å². The number of piperazine rings is 1. The van der Waals surface area contributed by atoms with Gasteiger partial charge >= 0.3 is 0 Å². The van der Waals surface area contributed by atoms with E-state index in [0.717, 1.165) is 51.9 Å². The Hall–Kier alpha value is -3.18. The number of carbonyl (C=O) groups excluding carboxylic acids is 1. The van der Waals surface area contributed by atoms with Gasteiger partial charge in [0.15, 0.2) is 0 Å². The fourth-order valence-electron chi connectivity index (χ4n) is 4.15. The largest absolute Gasteiger partial charge is 0.385 e. The first kappa shape index (κ1) is 32.0. The van der Waals surface area contributed by atoms with Crippen molar-refractivity contribution in [3.05, 3.63) is 63.0 Å². The lowest BCUT2D eigenvalue weighted by molar-refractivity contribution is -0.118. The number of allylic oxidation sites excluding steroid dienone is 2. The SMILES string of the molecule is C=c1cc(-c2ccc(/C=C(\C#N)C(=O)NC(C)(C)CCOC)s2)cc/c1=C/C(=C\C)N1CCN(C)CC1.CC. The van der Waals surface area contributed by atoms with Crippen LogP contribution in [0.1, 0.15) is 45.9 Å². The first-order valence-electron chi connectivity index (χ1n) is 13.6. The molecule has 1 aliphatic heterocycles. The van der Waals surface area contributed by atoms with Crippen molar-refractivity contribution in [2.24, 2.45) is 0 Å². The minimum atomic E-state index is -0.468. The summed E-state index contributed by atoms with van der Waals surface area (Å²) in [4.78, 5) is 19.4. The number of ether oxygens (including phenoxy) is 1. The van der Waals surface area contributed by atoms with E-state index in [0.29, 0.717) is 13.0 Å². The van der Waals surface area contributed by atoms with Gasteiger partial charge in [-0.3, -0.25) is 4.79 Å². The normalized spacial score (nSPS) is 15.4. The topological polar surface area (TPSA) is 68.6 Å². The number of likely N-dealkylation sites (N-methyl/N-ethyl adjacent to an activating group) is 1. The number of thiophene rings is 1. The minimum absolute atomic E-state index is 0.0875.